The van der Waals surface area contributed by atoms with E-state index in [0.29, 0.717) is 5.82 Å². The van der Waals surface area contributed by atoms with Crippen molar-refractivity contribution in [1.82, 2.24) is 9.97 Å². The Balaban J connectivity index is 2.29. The first-order valence-electron chi connectivity index (χ1n) is 8.54. The van der Waals surface area contributed by atoms with Gasteiger partial charge in [-0.2, -0.15) is 0 Å². The highest BCUT2D eigenvalue weighted by Crippen LogP contribution is 2.29. The molecule has 0 amide bonds. The quantitative estimate of drug-likeness (QED) is 0.450. The second-order valence-electron chi connectivity index (χ2n) is 5.85. The van der Waals surface area contributed by atoms with Gasteiger partial charge in [0.05, 0.1) is 17.0 Å². The molecule has 0 aliphatic carbocycles. The Bertz CT molecular complexity index is 992. The van der Waals surface area contributed by atoms with Crippen molar-refractivity contribution in [3.8, 4) is 35.0 Å². The second-order valence-corrected chi connectivity index (χ2v) is 5.85. The molecule has 2 aromatic carbocycles. The zero-order valence-electron chi connectivity index (χ0n) is 15.0. The SMILES string of the molecule is C#C/C(=C\C=C/C)c1nc(-c2ccccc2)nc(-c2ccccc2)c1C. The van der Waals surface area contributed by atoms with Gasteiger partial charge < -0.3 is 0 Å². The van der Waals surface area contributed by atoms with E-state index in [2.05, 4.69) is 18.1 Å². The third-order valence-electron chi connectivity index (χ3n) is 4.09. The van der Waals surface area contributed by atoms with Gasteiger partial charge in [0.2, 0.25) is 0 Å². The van der Waals surface area contributed by atoms with Crippen molar-refractivity contribution in [2.45, 2.75) is 13.8 Å². The molecule has 1 heterocycles. The minimum absolute atomic E-state index is 0.673. The molecule has 2 heteroatoms. The van der Waals surface area contributed by atoms with Crippen molar-refractivity contribution < 1.29 is 0 Å². The smallest absolute Gasteiger partial charge is 0.160 e. The van der Waals surface area contributed by atoms with Crippen molar-refractivity contribution >= 4 is 5.57 Å². The summed E-state index contributed by atoms with van der Waals surface area (Å²) in [5.41, 5.74) is 5.43. The van der Waals surface area contributed by atoms with Gasteiger partial charge >= 0.3 is 0 Å². The predicted octanol–water partition coefficient (Wildman–Crippen LogP) is 5.71. The second kappa shape index (κ2) is 8.09. The first-order valence-corrected chi connectivity index (χ1v) is 8.54. The highest BCUT2D eigenvalue weighted by Gasteiger charge is 2.15. The summed E-state index contributed by atoms with van der Waals surface area (Å²) in [5, 5.41) is 0. The van der Waals surface area contributed by atoms with E-state index >= 15 is 0 Å². The fourth-order valence-electron chi connectivity index (χ4n) is 2.76. The molecule has 0 aliphatic heterocycles. The lowest BCUT2D eigenvalue weighted by Crippen LogP contribution is -2.02. The first-order chi connectivity index (χ1) is 12.7. The number of rotatable bonds is 4. The molecule has 0 saturated carbocycles. The lowest BCUT2D eigenvalue weighted by atomic mass is 10.0. The lowest BCUT2D eigenvalue weighted by Gasteiger charge is -2.13. The summed E-state index contributed by atoms with van der Waals surface area (Å²) in [6.07, 6.45) is 11.6. The average Bonchev–Trinajstić information content (AvgIpc) is 2.71. The third-order valence-corrected chi connectivity index (χ3v) is 4.09. The van der Waals surface area contributed by atoms with E-state index in [1.165, 1.54) is 0 Å². The van der Waals surface area contributed by atoms with Crippen molar-refractivity contribution in [1.29, 1.82) is 0 Å². The summed E-state index contributed by atoms with van der Waals surface area (Å²) in [6, 6.07) is 20.1. The molecule has 1 aromatic heterocycles. The van der Waals surface area contributed by atoms with Crippen LogP contribution in [0.25, 0.3) is 28.2 Å². The van der Waals surface area contributed by atoms with Gasteiger partial charge in [-0.25, -0.2) is 9.97 Å². The number of benzene rings is 2. The van der Waals surface area contributed by atoms with Crippen LogP contribution < -0.4 is 0 Å². The topological polar surface area (TPSA) is 25.8 Å². The first kappa shape index (κ1) is 17.4. The molecular weight excluding hydrogens is 316 g/mol. The molecule has 0 aliphatic rings. The Hall–Kier alpha value is -3.44. The number of allylic oxidation sites excluding steroid dienone is 4. The Labute approximate surface area is 155 Å². The fourth-order valence-corrected chi connectivity index (χ4v) is 2.76. The lowest BCUT2D eigenvalue weighted by molar-refractivity contribution is 1.12. The van der Waals surface area contributed by atoms with Crippen molar-refractivity contribution in [2.75, 3.05) is 0 Å². The molecular formula is C24H20N2. The number of terminal acetylenes is 1. The van der Waals surface area contributed by atoms with Crippen LogP contribution in [-0.4, -0.2) is 9.97 Å². The highest BCUT2D eigenvalue weighted by atomic mass is 14.9. The summed E-state index contributed by atoms with van der Waals surface area (Å²) in [4.78, 5) is 9.64. The Morgan fingerprint density at radius 2 is 1.54 bits per heavy atom. The van der Waals surface area contributed by atoms with Crippen LogP contribution >= 0.6 is 0 Å². The number of nitrogens with zero attached hydrogens (tertiary/aromatic N) is 2. The standard InChI is InChI=1S/C24H20N2/c1-4-6-13-19(5-2)22-18(3)23(20-14-9-7-10-15-20)26-24(25-22)21-16-11-8-12-17-21/h2,4,6-17H,1,3H3/b6-4-,19-13+. The molecule has 126 valence electrons. The van der Waals surface area contributed by atoms with Crippen LogP contribution in [0.4, 0.5) is 0 Å². The molecule has 26 heavy (non-hydrogen) atoms. The van der Waals surface area contributed by atoms with Crippen LogP contribution in [0.2, 0.25) is 0 Å². The van der Waals surface area contributed by atoms with E-state index in [1.807, 2.05) is 80.6 Å². The van der Waals surface area contributed by atoms with Crippen LogP contribution in [0.1, 0.15) is 18.2 Å². The van der Waals surface area contributed by atoms with Crippen molar-refractivity contribution in [3.63, 3.8) is 0 Å². The summed E-state index contributed by atoms with van der Waals surface area (Å²) >= 11 is 0. The largest absolute Gasteiger partial charge is 0.228 e. The van der Waals surface area contributed by atoms with E-state index in [4.69, 9.17) is 16.4 Å². The molecule has 0 atom stereocenters. The highest BCUT2D eigenvalue weighted by molar-refractivity contribution is 5.83. The Morgan fingerprint density at radius 1 is 0.923 bits per heavy atom. The molecule has 0 bridgehead atoms. The van der Waals surface area contributed by atoms with Gasteiger partial charge in [0.15, 0.2) is 5.82 Å². The summed E-state index contributed by atoms with van der Waals surface area (Å²) < 4.78 is 0. The molecule has 0 N–H and O–H groups in total. The number of hydrogen-bond acceptors (Lipinski definition) is 2. The van der Waals surface area contributed by atoms with Crippen LogP contribution in [-0.2, 0) is 0 Å². The fraction of sp³-hybridized carbons (Fsp3) is 0.0833. The zero-order valence-corrected chi connectivity index (χ0v) is 15.0. The number of aromatic nitrogens is 2. The van der Waals surface area contributed by atoms with Gasteiger partial charge in [0.25, 0.3) is 0 Å². The predicted molar refractivity (Wildman–Crippen MR) is 109 cm³/mol. The average molecular weight is 336 g/mol. The van der Waals surface area contributed by atoms with E-state index in [1.54, 1.807) is 0 Å². The normalized spacial score (nSPS) is 11.5. The van der Waals surface area contributed by atoms with Crippen LogP contribution in [0.5, 0.6) is 0 Å². The van der Waals surface area contributed by atoms with Crippen LogP contribution in [0, 0.1) is 19.3 Å². The molecule has 0 unspecified atom stereocenters. The van der Waals surface area contributed by atoms with Gasteiger partial charge in [-0.05, 0) is 19.9 Å². The minimum Gasteiger partial charge on any atom is -0.228 e. The Kier molecular flexibility index (Phi) is 5.41. The monoisotopic (exact) mass is 336 g/mol. The van der Waals surface area contributed by atoms with Gasteiger partial charge in [0.1, 0.15) is 0 Å². The summed E-state index contributed by atoms with van der Waals surface area (Å²) in [6.45, 7) is 3.98. The van der Waals surface area contributed by atoms with Crippen molar-refractivity contribution in [2.24, 2.45) is 0 Å². The third kappa shape index (κ3) is 3.63. The molecule has 0 saturated heterocycles. The van der Waals surface area contributed by atoms with Gasteiger partial charge in [-0.3, -0.25) is 0 Å². The minimum atomic E-state index is 0.673. The summed E-state index contributed by atoms with van der Waals surface area (Å²) in [7, 11) is 0. The molecule has 3 rings (SSSR count). The summed E-state index contributed by atoms with van der Waals surface area (Å²) in [5.74, 6) is 3.44. The van der Waals surface area contributed by atoms with Crippen molar-refractivity contribution in [3.05, 3.63) is 90.1 Å². The maximum Gasteiger partial charge on any atom is 0.160 e. The van der Waals surface area contributed by atoms with Crippen LogP contribution in [0.3, 0.4) is 0 Å². The molecule has 0 fully saturated rings. The van der Waals surface area contributed by atoms with Gasteiger partial charge in [0, 0.05) is 16.7 Å². The van der Waals surface area contributed by atoms with Gasteiger partial charge in [-0.1, -0.05) is 78.7 Å². The van der Waals surface area contributed by atoms with E-state index in [9.17, 15) is 0 Å². The zero-order chi connectivity index (χ0) is 18.4. The van der Waals surface area contributed by atoms with E-state index in [-0.39, 0.29) is 0 Å². The maximum absolute atomic E-state index is 5.78. The molecule has 2 nitrogen and oxygen atoms in total. The van der Waals surface area contributed by atoms with E-state index < -0.39 is 0 Å². The van der Waals surface area contributed by atoms with Gasteiger partial charge in [-0.15, -0.1) is 6.42 Å². The maximum atomic E-state index is 5.78. The Morgan fingerprint density at radius 3 is 2.12 bits per heavy atom. The van der Waals surface area contributed by atoms with E-state index in [0.717, 1.165) is 33.7 Å². The number of hydrogen-bond donors (Lipinski definition) is 0. The molecule has 0 radical (unpaired) electrons. The van der Waals surface area contributed by atoms with Crippen LogP contribution in [0.15, 0.2) is 78.9 Å². The molecule has 0 spiro atoms. The molecule has 3 aromatic rings.